The van der Waals surface area contributed by atoms with Crippen molar-refractivity contribution in [2.24, 2.45) is 5.73 Å². The molecule has 0 amide bonds. The van der Waals surface area contributed by atoms with E-state index < -0.39 is 5.97 Å². The summed E-state index contributed by atoms with van der Waals surface area (Å²) in [6, 6.07) is 7.78. The van der Waals surface area contributed by atoms with Crippen LogP contribution in [-0.4, -0.2) is 34.1 Å². The highest BCUT2D eigenvalue weighted by atomic mass is 32.1. The summed E-state index contributed by atoms with van der Waals surface area (Å²) in [4.78, 5) is 13.1. The van der Waals surface area contributed by atoms with E-state index in [4.69, 9.17) is 23.1 Å². The second-order valence-electron chi connectivity index (χ2n) is 4.49. The standard InChI is InChI=1S/C14H20N2O2S/c1-3-16(9-8-12(17)18)13(14(15)19)11-6-4-10(2)5-7-11/h4-7,13H,3,8-9H2,1-2H3,(H2,15,19)(H,17,18). The Morgan fingerprint density at radius 3 is 2.42 bits per heavy atom. The average Bonchev–Trinajstić information content (AvgIpc) is 2.35. The number of carboxylic acid groups (broad SMARTS) is 1. The van der Waals surface area contributed by atoms with Crippen LogP contribution in [0.25, 0.3) is 0 Å². The maximum absolute atomic E-state index is 10.7. The minimum atomic E-state index is -0.816. The Balaban J connectivity index is 2.94. The van der Waals surface area contributed by atoms with Gasteiger partial charge in [0.05, 0.1) is 17.5 Å². The number of nitrogens with two attached hydrogens (primary N) is 1. The summed E-state index contributed by atoms with van der Waals surface area (Å²) in [5.41, 5.74) is 8.00. The van der Waals surface area contributed by atoms with Crippen LogP contribution < -0.4 is 5.73 Å². The van der Waals surface area contributed by atoms with E-state index in [1.165, 1.54) is 5.56 Å². The number of aliphatic carboxylic acids is 1. The molecule has 3 N–H and O–H groups in total. The van der Waals surface area contributed by atoms with Gasteiger partial charge in [0.2, 0.25) is 0 Å². The van der Waals surface area contributed by atoms with Crippen LogP contribution in [0, 0.1) is 6.92 Å². The molecule has 0 bridgehead atoms. The van der Waals surface area contributed by atoms with Gasteiger partial charge in [0, 0.05) is 6.54 Å². The number of nitrogens with zero attached hydrogens (tertiary/aromatic N) is 1. The maximum Gasteiger partial charge on any atom is 0.304 e. The molecule has 0 spiro atoms. The molecule has 104 valence electrons. The number of benzene rings is 1. The fraction of sp³-hybridized carbons (Fsp3) is 0.429. The van der Waals surface area contributed by atoms with Gasteiger partial charge in [-0.15, -0.1) is 0 Å². The van der Waals surface area contributed by atoms with Crippen LogP contribution in [-0.2, 0) is 4.79 Å². The third-order valence-electron chi connectivity index (χ3n) is 3.05. The number of aryl methyl sites for hydroxylation is 1. The van der Waals surface area contributed by atoms with Gasteiger partial charge in [-0.1, -0.05) is 49.0 Å². The van der Waals surface area contributed by atoms with E-state index in [-0.39, 0.29) is 12.5 Å². The molecule has 5 heteroatoms. The van der Waals surface area contributed by atoms with E-state index >= 15 is 0 Å². The van der Waals surface area contributed by atoms with Crippen molar-refractivity contribution in [1.29, 1.82) is 0 Å². The third kappa shape index (κ3) is 4.61. The monoisotopic (exact) mass is 280 g/mol. The minimum absolute atomic E-state index is 0.0822. The van der Waals surface area contributed by atoms with Crippen molar-refractivity contribution >= 4 is 23.2 Å². The smallest absolute Gasteiger partial charge is 0.304 e. The number of carboxylic acids is 1. The lowest BCUT2D eigenvalue weighted by Crippen LogP contribution is -2.38. The minimum Gasteiger partial charge on any atom is -0.481 e. The number of rotatable bonds is 7. The van der Waals surface area contributed by atoms with Crippen LogP contribution in [0.3, 0.4) is 0 Å². The quantitative estimate of drug-likeness (QED) is 0.749. The summed E-state index contributed by atoms with van der Waals surface area (Å²) in [5, 5.41) is 8.79. The topological polar surface area (TPSA) is 66.6 Å². The van der Waals surface area contributed by atoms with Gasteiger partial charge in [-0.25, -0.2) is 0 Å². The summed E-state index contributed by atoms with van der Waals surface area (Å²) < 4.78 is 0. The first kappa shape index (κ1) is 15.6. The lowest BCUT2D eigenvalue weighted by Gasteiger charge is -2.30. The lowest BCUT2D eigenvalue weighted by molar-refractivity contribution is -0.137. The van der Waals surface area contributed by atoms with E-state index in [0.717, 1.165) is 5.56 Å². The van der Waals surface area contributed by atoms with E-state index in [0.29, 0.717) is 18.1 Å². The van der Waals surface area contributed by atoms with E-state index in [1.54, 1.807) is 0 Å². The number of carbonyl (C=O) groups is 1. The molecule has 0 aliphatic rings. The van der Waals surface area contributed by atoms with Crippen LogP contribution in [0.1, 0.15) is 30.5 Å². The molecule has 0 aromatic heterocycles. The van der Waals surface area contributed by atoms with Crippen molar-refractivity contribution in [1.82, 2.24) is 4.90 Å². The van der Waals surface area contributed by atoms with Gasteiger partial charge >= 0.3 is 5.97 Å². The zero-order chi connectivity index (χ0) is 14.4. The van der Waals surface area contributed by atoms with E-state index in [9.17, 15) is 4.79 Å². The highest BCUT2D eigenvalue weighted by molar-refractivity contribution is 7.80. The highest BCUT2D eigenvalue weighted by Crippen LogP contribution is 2.21. The zero-order valence-corrected chi connectivity index (χ0v) is 12.1. The third-order valence-corrected chi connectivity index (χ3v) is 3.27. The molecule has 1 aromatic carbocycles. The second kappa shape index (κ2) is 7.21. The molecule has 19 heavy (non-hydrogen) atoms. The molecule has 0 heterocycles. The second-order valence-corrected chi connectivity index (χ2v) is 4.96. The maximum atomic E-state index is 10.7. The largest absolute Gasteiger partial charge is 0.481 e. The molecule has 0 fully saturated rings. The highest BCUT2D eigenvalue weighted by Gasteiger charge is 2.22. The van der Waals surface area contributed by atoms with Crippen molar-refractivity contribution in [3.8, 4) is 0 Å². The summed E-state index contributed by atoms with van der Waals surface area (Å²) in [7, 11) is 0. The first-order chi connectivity index (χ1) is 8.95. The number of hydrogen-bond acceptors (Lipinski definition) is 3. The van der Waals surface area contributed by atoms with Crippen molar-refractivity contribution in [2.75, 3.05) is 13.1 Å². The number of hydrogen-bond donors (Lipinski definition) is 2. The number of likely N-dealkylation sites (N-methyl/N-ethyl adjacent to an activating group) is 1. The average molecular weight is 280 g/mol. The van der Waals surface area contributed by atoms with Gasteiger partial charge in [-0.05, 0) is 19.0 Å². The van der Waals surface area contributed by atoms with Crippen LogP contribution >= 0.6 is 12.2 Å². The molecule has 0 aliphatic carbocycles. The molecule has 1 aromatic rings. The predicted octanol–water partition coefficient (Wildman–Crippen LogP) is 2.12. The summed E-state index contributed by atoms with van der Waals surface area (Å²) in [6.45, 7) is 5.12. The summed E-state index contributed by atoms with van der Waals surface area (Å²) >= 11 is 5.14. The first-order valence-electron chi connectivity index (χ1n) is 6.27. The van der Waals surface area contributed by atoms with Gasteiger partial charge in [0.25, 0.3) is 0 Å². The Bertz CT molecular complexity index is 445. The first-order valence-corrected chi connectivity index (χ1v) is 6.68. The Hall–Kier alpha value is -1.46. The molecule has 0 saturated heterocycles. The van der Waals surface area contributed by atoms with Crippen LogP contribution in [0.15, 0.2) is 24.3 Å². The van der Waals surface area contributed by atoms with Gasteiger partial charge < -0.3 is 10.8 Å². The molecule has 0 saturated carbocycles. The molecule has 1 unspecified atom stereocenters. The molecule has 4 nitrogen and oxygen atoms in total. The van der Waals surface area contributed by atoms with Crippen LogP contribution in [0.4, 0.5) is 0 Å². The Morgan fingerprint density at radius 1 is 1.42 bits per heavy atom. The molecular formula is C14H20N2O2S. The zero-order valence-electron chi connectivity index (χ0n) is 11.3. The summed E-state index contributed by atoms with van der Waals surface area (Å²) in [6.07, 6.45) is 0.0822. The SMILES string of the molecule is CCN(CCC(=O)O)C(C(N)=S)c1ccc(C)cc1. The van der Waals surface area contributed by atoms with E-state index in [2.05, 4.69) is 0 Å². The lowest BCUT2D eigenvalue weighted by atomic mass is 10.0. The number of thiocarbonyl (C=S) groups is 1. The van der Waals surface area contributed by atoms with Gasteiger partial charge in [0.15, 0.2) is 0 Å². The molecule has 0 aliphatic heterocycles. The van der Waals surface area contributed by atoms with Crippen molar-refractivity contribution < 1.29 is 9.90 Å². The van der Waals surface area contributed by atoms with Crippen LogP contribution in [0.2, 0.25) is 0 Å². The summed E-state index contributed by atoms with van der Waals surface area (Å²) in [5.74, 6) is -0.816. The normalized spacial score (nSPS) is 12.4. The van der Waals surface area contributed by atoms with Gasteiger partial charge in [-0.2, -0.15) is 0 Å². The van der Waals surface area contributed by atoms with Crippen molar-refractivity contribution in [2.45, 2.75) is 26.3 Å². The molecule has 0 radical (unpaired) electrons. The Morgan fingerprint density at radius 2 is 2.00 bits per heavy atom. The van der Waals surface area contributed by atoms with Crippen molar-refractivity contribution in [3.05, 3.63) is 35.4 Å². The Labute approximate surface area is 119 Å². The molecule has 1 atom stereocenters. The van der Waals surface area contributed by atoms with Crippen LogP contribution in [0.5, 0.6) is 0 Å². The van der Waals surface area contributed by atoms with Gasteiger partial charge in [-0.3, -0.25) is 9.69 Å². The molecule has 1 rings (SSSR count). The van der Waals surface area contributed by atoms with E-state index in [1.807, 2.05) is 43.0 Å². The molecular weight excluding hydrogens is 260 g/mol. The Kier molecular flexibility index (Phi) is 5.92. The predicted molar refractivity (Wildman–Crippen MR) is 80.2 cm³/mol. The van der Waals surface area contributed by atoms with Crippen molar-refractivity contribution in [3.63, 3.8) is 0 Å². The van der Waals surface area contributed by atoms with Gasteiger partial charge in [0.1, 0.15) is 0 Å². The fourth-order valence-electron chi connectivity index (χ4n) is 2.01. The fourth-order valence-corrected chi connectivity index (χ4v) is 2.30.